The second kappa shape index (κ2) is 5.17. The van der Waals surface area contributed by atoms with E-state index in [2.05, 4.69) is 14.9 Å². The molecule has 20 heavy (non-hydrogen) atoms. The van der Waals surface area contributed by atoms with Crippen molar-refractivity contribution >= 4 is 28.9 Å². The number of amides is 1. The third kappa shape index (κ3) is 2.49. The largest absolute Gasteiger partial charge is 0.398 e. The molecule has 3 rings (SSSR count). The molecule has 5 nitrogen and oxygen atoms in total. The number of nitrogens with one attached hydrogen (secondary N) is 1. The molecule has 0 bridgehead atoms. The number of imidazole rings is 1. The molecule has 1 atom stereocenters. The number of hydrogen-bond donors (Lipinski definition) is 2. The molecule has 1 unspecified atom stereocenters. The summed E-state index contributed by atoms with van der Waals surface area (Å²) >= 11 is 5.95. The minimum atomic E-state index is -0.0544. The van der Waals surface area contributed by atoms with Gasteiger partial charge in [0, 0.05) is 37.0 Å². The smallest absolute Gasteiger partial charge is 0.228 e. The van der Waals surface area contributed by atoms with E-state index in [4.69, 9.17) is 17.3 Å². The van der Waals surface area contributed by atoms with E-state index >= 15 is 0 Å². The van der Waals surface area contributed by atoms with E-state index in [1.807, 2.05) is 6.20 Å². The molecule has 0 fully saturated rings. The summed E-state index contributed by atoms with van der Waals surface area (Å²) in [6.45, 7) is 0.829. The molecule has 2 aromatic rings. The second-order valence-corrected chi connectivity index (χ2v) is 5.36. The highest BCUT2D eigenvalue weighted by atomic mass is 35.5. The lowest BCUT2D eigenvalue weighted by molar-refractivity contribution is -0.120. The summed E-state index contributed by atoms with van der Waals surface area (Å²) in [7, 11) is 0. The number of nitrogens with zero attached hydrogens (tertiary/aromatic N) is 2. The van der Waals surface area contributed by atoms with Gasteiger partial charge < -0.3 is 15.6 Å². The van der Waals surface area contributed by atoms with E-state index in [0.29, 0.717) is 22.8 Å². The Hall–Kier alpha value is -2.01. The quantitative estimate of drug-likeness (QED) is 0.834. The zero-order valence-corrected chi connectivity index (χ0v) is 11.6. The third-order valence-electron chi connectivity index (χ3n) is 3.59. The number of fused-ring (bicyclic) bond motifs is 1. The number of anilines is 2. The number of nitrogens with two attached hydrogens (primary N) is 1. The first-order chi connectivity index (χ1) is 9.63. The molecule has 1 amide bonds. The van der Waals surface area contributed by atoms with Crippen molar-refractivity contribution in [2.75, 3.05) is 11.1 Å². The number of carbonyl (C=O) groups is 1. The van der Waals surface area contributed by atoms with Crippen molar-refractivity contribution in [1.29, 1.82) is 0 Å². The van der Waals surface area contributed by atoms with Crippen LogP contribution in [0, 0.1) is 5.92 Å². The number of aryl methyl sites for hydroxylation is 1. The van der Waals surface area contributed by atoms with Gasteiger partial charge in [-0.15, -0.1) is 0 Å². The molecular formula is C14H15ClN4O. The van der Waals surface area contributed by atoms with Gasteiger partial charge in [0.1, 0.15) is 5.82 Å². The van der Waals surface area contributed by atoms with Crippen LogP contribution >= 0.6 is 11.6 Å². The zero-order chi connectivity index (χ0) is 14.1. The van der Waals surface area contributed by atoms with Crippen molar-refractivity contribution in [3.63, 3.8) is 0 Å². The van der Waals surface area contributed by atoms with E-state index < -0.39 is 0 Å². The summed E-state index contributed by atoms with van der Waals surface area (Å²) in [5.74, 6) is 0.910. The summed E-state index contributed by atoms with van der Waals surface area (Å²) in [6, 6.07) is 5.10. The lowest BCUT2D eigenvalue weighted by Gasteiger charge is -2.22. The van der Waals surface area contributed by atoms with E-state index in [1.54, 1.807) is 24.4 Å². The minimum absolute atomic E-state index is 0.0000816. The molecule has 3 N–H and O–H groups in total. The van der Waals surface area contributed by atoms with Gasteiger partial charge in [-0.05, 0) is 24.6 Å². The molecule has 6 heteroatoms. The summed E-state index contributed by atoms with van der Waals surface area (Å²) in [5, 5.41) is 3.33. The van der Waals surface area contributed by atoms with Crippen LogP contribution in [0.1, 0.15) is 12.2 Å². The Morgan fingerprint density at radius 3 is 3.15 bits per heavy atom. The number of rotatable bonds is 2. The first-order valence-electron chi connectivity index (χ1n) is 6.49. The fraction of sp³-hybridized carbons (Fsp3) is 0.286. The van der Waals surface area contributed by atoms with Gasteiger partial charge in [0.2, 0.25) is 5.91 Å². The van der Waals surface area contributed by atoms with Crippen LogP contribution in [-0.4, -0.2) is 15.5 Å². The average Bonchev–Trinajstić information content (AvgIpc) is 2.90. The van der Waals surface area contributed by atoms with Crippen LogP contribution in [0.15, 0.2) is 30.6 Å². The topological polar surface area (TPSA) is 72.9 Å². The van der Waals surface area contributed by atoms with Crippen LogP contribution in [0.2, 0.25) is 5.02 Å². The minimum Gasteiger partial charge on any atom is -0.398 e. The van der Waals surface area contributed by atoms with Crippen LogP contribution in [-0.2, 0) is 17.8 Å². The van der Waals surface area contributed by atoms with E-state index in [0.717, 1.165) is 18.8 Å². The summed E-state index contributed by atoms with van der Waals surface area (Å²) in [6.07, 6.45) is 5.21. The van der Waals surface area contributed by atoms with Gasteiger partial charge in [-0.1, -0.05) is 11.6 Å². The van der Waals surface area contributed by atoms with Gasteiger partial charge in [-0.3, -0.25) is 4.79 Å². The summed E-state index contributed by atoms with van der Waals surface area (Å²) < 4.78 is 2.09. The van der Waals surface area contributed by atoms with Gasteiger partial charge in [0.15, 0.2) is 0 Å². The molecule has 1 aromatic carbocycles. The highest BCUT2D eigenvalue weighted by Gasteiger charge is 2.25. The average molecular weight is 291 g/mol. The monoisotopic (exact) mass is 290 g/mol. The van der Waals surface area contributed by atoms with Gasteiger partial charge in [0.05, 0.1) is 10.7 Å². The molecule has 1 aliphatic heterocycles. The normalized spacial score (nSPS) is 17.6. The molecule has 0 radical (unpaired) electrons. The maximum atomic E-state index is 12.3. The van der Waals surface area contributed by atoms with E-state index in [9.17, 15) is 4.79 Å². The van der Waals surface area contributed by atoms with Crippen LogP contribution in [0.25, 0.3) is 0 Å². The maximum Gasteiger partial charge on any atom is 0.228 e. The number of carbonyl (C=O) groups excluding carboxylic acids is 1. The lowest BCUT2D eigenvalue weighted by atomic mass is 9.97. The standard InChI is InChI=1S/C14H15ClN4O/c15-11-8-10(1-2-12(11)16)18-14(20)9-3-5-19-6-4-17-13(19)7-9/h1-2,4,6,8-9H,3,5,7,16H2,(H,18,20). The van der Waals surface area contributed by atoms with Crippen LogP contribution < -0.4 is 11.1 Å². The molecule has 0 saturated heterocycles. The van der Waals surface area contributed by atoms with Crippen molar-refractivity contribution in [3.8, 4) is 0 Å². The van der Waals surface area contributed by atoms with Crippen molar-refractivity contribution in [2.24, 2.45) is 5.92 Å². The van der Waals surface area contributed by atoms with E-state index in [-0.39, 0.29) is 11.8 Å². The third-order valence-corrected chi connectivity index (χ3v) is 3.92. The van der Waals surface area contributed by atoms with E-state index in [1.165, 1.54) is 0 Å². The maximum absolute atomic E-state index is 12.3. The summed E-state index contributed by atoms with van der Waals surface area (Å²) in [5.41, 5.74) is 6.82. The number of nitrogen functional groups attached to an aromatic ring is 1. The fourth-order valence-corrected chi connectivity index (χ4v) is 2.60. The van der Waals surface area contributed by atoms with Crippen molar-refractivity contribution in [2.45, 2.75) is 19.4 Å². The number of halogens is 1. The van der Waals surface area contributed by atoms with Crippen LogP contribution in [0.3, 0.4) is 0 Å². The van der Waals surface area contributed by atoms with Crippen LogP contribution in [0.4, 0.5) is 11.4 Å². The van der Waals surface area contributed by atoms with Crippen molar-refractivity contribution in [3.05, 3.63) is 41.4 Å². The molecule has 1 aromatic heterocycles. The molecular weight excluding hydrogens is 276 g/mol. The van der Waals surface area contributed by atoms with Crippen molar-refractivity contribution < 1.29 is 4.79 Å². The van der Waals surface area contributed by atoms with Gasteiger partial charge in [-0.2, -0.15) is 0 Å². The molecule has 1 aliphatic rings. The SMILES string of the molecule is Nc1ccc(NC(=O)C2CCn3ccnc3C2)cc1Cl. The highest BCUT2D eigenvalue weighted by molar-refractivity contribution is 6.33. The Bertz CT molecular complexity index is 652. The molecule has 0 spiro atoms. The number of benzene rings is 1. The summed E-state index contributed by atoms with van der Waals surface area (Å²) in [4.78, 5) is 16.5. The van der Waals surface area contributed by atoms with Gasteiger partial charge in [-0.25, -0.2) is 4.98 Å². The molecule has 104 valence electrons. The Labute approximate surface area is 121 Å². The second-order valence-electron chi connectivity index (χ2n) is 4.95. The van der Waals surface area contributed by atoms with Crippen LogP contribution in [0.5, 0.6) is 0 Å². The Balaban J connectivity index is 1.69. The molecule has 0 aliphatic carbocycles. The Morgan fingerprint density at radius 1 is 1.50 bits per heavy atom. The van der Waals surface area contributed by atoms with Crippen molar-refractivity contribution in [1.82, 2.24) is 9.55 Å². The van der Waals surface area contributed by atoms with Gasteiger partial charge in [0.25, 0.3) is 0 Å². The lowest BCUT2D eigenvalue weighted by Crippen LogP contribution is -2.30. The molecule has 2 heterocycles. The Morgan fingerprint density at radius 2 is 2.35 bits per heavy atom. The first kappa shape index (κ1) is 13.0. The number of hydrogen-bond acceptors (Lipinski definition) is 3. The fourth-order valence-electron chi connectivity index (χ4n) is 2.42. The first-order valence-corrected chi connectivity index (χ1v) is 6.87. The number of aromatic nitrogens is 2. The predicted octanol–water partition coefficient (Wildman–Crippen LogP) is 2.32. The highest BCUT2D eigenvalue weighted by Crippen LogP contribution is 2.25. The molecule has 0 saturated carbocycles. The van der Waals surface area contributed by atoms with Gasteiger partial charge >= 0.3 is 0 Å². The Kier molecular flexibility index (Phi) is 3.36. The zero-order valence-electron chi connectivity index (χ0n) is 10.8. The predicted molar refractivity (Wildman–Crippen MR) is 78.5 cm³/mol.